The zero-order valence-electron chi connectivity index (χ0n) is 15.2. The summed E-state index contributed by atoms with van der Waals surface area (Å²) in [7, 11) is 3.03. The minimum absolute atomic E-state index is 0.172. The van der Waals surface area contributed by atoms with Crippen molar-refractivity contribution in [3.63, 3.8) is 0 Å². The third-order valence-corrected chi connectivity index (χ3v) is 4.33. The van der Waals surface area contributed by atoms with Crippen molar-refractivity contribution in [2.75, 3.05) is 32.6 Å². The average molecular weight is 411 g/mol. The fraction of sp³-hybridized carbons (Fsp3) is 0.263. The van der Waals surface area contributed by atoms with Crippen LogP contribution in [0.4, 0.5) is 5.69 Å². The quantitative estimate of drug-likeness (QED) is 0.753. The van der Waals surface area contributed by atoms with Crippen LogP contribution in [0, 0.1) is 6.92 Å². The lowest BCUT2D eigenvalue weighted by Gasteiger charge is -2.18. The molecule has 0 saturated carbocycles. The minimum Gasteiger partial charge on any atom is -0.493 e. The van der Waals surface area contributed by atoms with Crippen LogP contribution in [-0.2, 0) is 9.59 Å². The van der Waals surface area contributed by atoms with Gasteiger partial charge in [0.05, 0.1) is 29.4 Å². The number of para-hydroxylation sites is 1. The van der Waals surface area contributed by atoms with Crippen molar-refractivity contribution in [3.05, 3.63) is 52.0 Å². The normalized spacial score (nSPS) is 10.3. The van der Waals surface area contributed by atoms with Crippen LogP contribution in [0.5, 0.6) is 11.5 Å². The number of likely N-dealkylation sites (N-methyl/N-ethyl adjacent to an activating group) is 1. The van der Waals surface area contributed by atoms with E-state index in [1.54, 1.807) is 24.3 Å². The molecule has 0 heterocycles. The number of anilines is 1. The third kappa shape index (κ3) is 5.77. The van der Waals surface area contributed by atoms with Crippen molar-refractivity contribution in [3.8, 4) is 11.5 Å². The molecule has 0 spiro atoms. The van der Waals surface area contributed by atoms with E-state index in [1.165, 1.54) is 19.1 Å². The molecule has 8 heteroatoms. The molecule has 0 aliphatic rings. The first-order valence-corrected chi connectivity index (χ1v) is 8.82. The first-order valence-electron chi connectivity index (χ1n) is 8.07. The number of amides is 2. The summed E-state index contributed by atoms with van der Waals surface area (Å²) in [5.41, 5.74) is 1.32. The number of nitrogens with zero attached hydrogens (tertiary/aromatic N) is 1. The Labute approximate surface area is 168 Å². The molecule has 2 rings (SSSR count). The highest BCUT2D eigenvalue weighted by molar-refractivity contribution is 6.39. The summed E-state index contributed by atoms with van der Waals surface area (Å²) in [5, 5.41) is 3.24. The van der Waals surface area contributed by atoms with Gasteiger partial charge in [-0.05, 0) is 36.8 Å². The monoisotopic (exact) mass is 410 g/mol. The van der Waals surface area contributed by atoms with Crippen LogP contribution in [0.1, 0.15) is 5.56 Å². The third-order valence-electron chi connectivity index (χ3n) is 3.70. The number of methoxy groups -OCH3 is 1. The van der Waals surface area contributed by atoms with E-state index in [0.29, 0.717) is 27.2 Å². The summed E-state index contributed by atoms with van der Waals surface area (Å²) in [5.74, 6) is 0.209. The van der Waals surface area contributed by atoms with Crippen LogP contribution in [0.2, 0.25) is 10.0 Å². The summed E-state index contributed by atoms with van der Waals surface area (Å²) >= 11 is 12.0. The van der Waals surface area contributed by atoms with E-state index in [0.717, 1.165) is 5.56 Å². The van der Waals surface area contributed by atoms with Gasteiger partial charge in [-0.3, -0.25) is 9.59 Å². The number of aryl methyl sites for hydroxylation is 1. The number of benzene rings is 2. The van der Waals surface area contributed by atoms with E-state index in [-0.39, 0.29) is 19.1 Å². The van der Waals surface area contributed by atoms with Crippen molar-refractivity contribution in [2.24, 2.45) is 0 Å². The topological polar surface area (TPSA) is 67.9 Å². The maximum atomic E-state index is 12.2. The van der Waals surface area contributed by atoms with Gasteiger partial charge in [0, 0.05) is 7.05 Å². The minimum atomic E-state index is -0.422. The number of carbonyl (C=O) groups is 2. The second-order valence-electron chi connectivity index (χ2n) is 5.84. The summed E-state index contributed by atoms with van der Waals surface area (Å²) in [6, 6.07) is 10.3. The Morgan fingerprint density at radius 2 is 1.78 bits per heavy atom. The predicted molar refractivity (Wildman–Crippen MR) is 106 cm³/mol. The van der Waals surface area contributed by atoms with Crippen LogP contribution < -0.4 is 14.8 Å². The molecule has 0 atom stereocenters. The zero-order chi connectivity index (χ0) is 20.0. The molecule has 0 fully saturated rings. The maximum Gasteiger partial charge on any atom is 0.260 e. The van der Waals surface area contributed by atoms with Gasteiger partial charge in [-0.15, -0.1) is 0 Å². The summed E-state index contributed by atoms with van der Waals surface area (Å²) < 4.78 is 10.7. The Balaban J connectivity index is 1.91. The number of hydrogen-bond acceptors (Lipinski definition) is 4. The second-order valence-corrected chi connectivity index (χ2v) is 6.65. The smallest absolute Gasteiger partial charge is 0.260 e. The standard InChI is InChI=1S/C19H20Cl2N2O4/c1-12-7-8-15(16(9-12)26-3)27-11-18(25)23(2)10-17(24)22-19-13(20)5-4-6-14(19)21/h4-9H,10-11H2,1-3H3,(H,22,24). The Kier molecular flexibility index (Phi) is 7.33. The highest BCUT2D eigenvalue weighted by Crippen LogP contribution is 2.30. The number of halogens is 2. The Bertz CT molecular complexity index is 822. The van der Waals surface area contributed by atoms with E-state index < -0.39 is 5.91 Å². The van der Waals surface area contributed by atoms with Crippen LogP contribution in [0.25, 0.3) is 0 Å². The van der Waals surface area contributed by atoms with E-state index in [9.17, 15) is 9.59 Å². The van der Waals surface area contributed by atoms with Crippen molar-refractivity contribution in [1.29, 1.82) is 0 Å². The summed E-state index contributed by atoms with van der Waals surface area (Å²) in [6.07, 6.45) is 0. The molecule has 0 aliphatic heterocycles. The largest absolute Gasteiger partial charge is 0.493 e. The maximum absolute atomic E-state index is 12.2. The Morgan fingerprint density at radius 3 is 2.41 bits per heavy atom. The van der Waals surface area contributed by atoms with Gasteiger partial charge in [-0.2, -0.15) is 0 Å². The number of nitrogens with one attached hydrogen (secondary N) is 1. The highest BCUT2D eigenvalue weighted by Gasteiger charge is 2.16. The lowest BCUT2D eigenvalue weighted by atomic mass is 10.2. The lowest BCUT2D eigenvalue weighted by Crippen LogP contribution is -2.37. The molecule has 0 unspecified atom stereocenters. The molecular formula is C19H20Cl2N2O4. The fourth-order valence-electron chi connectivity index (χ4n) is 2.24. The van der Waals surface area contributed by atoms with Crippen molar-refractivity contribution >= 4 is 40.7 Å². The number of ether oxygens (including phenoxy) is 2. The van der Waals surface area contributed by atoms with Gasteiger partial charge in [-0.1, -0.05) is 35.3 Å². The van der Waals surface area contributed by atoms with Gasteiger partial charge in [0.15, 0.2) is 18.1 Å². The van der Waals surface area contributed by atoms with Crippen molar-refractivity contribution in [2.45, 2.75) is 6.92 Å². The molecule has 1 N–H and O–H groups in total. The van der Waals surface area contributed by atoms with E-state index in [2.05, 4.69) is 5.32 Å². The molecule has 144 valence electrons. The molecule has 2 amide bonds. The molecule has 0 aliphatic carbocycles. The van der Waals surface area contributed by atoms with E-state index >= 15 is 0 Å². The van der Waals surface area contributed by atoms with Crippen LogP contribution >= 0.6 is 23.2 Å². The van der Waals surface area contributed by atoms with Gasteiger partial charge >= 0.3 is 0 Å². The molecule has 0 saturated heterocycles. The lowest BCUT2D eigenvalue weighted by molar-refractivity contribution is -0.135. The zero-order valence-corrected chi connectivity index (χ0v) is 16.7. The van der Waals surface area contributed by atoms with Crippen LogP contribution in [0.15, 0.2) is 36.4 Å². The Morgan fingerprint density at radius 1 is 1.11 bits per heavy atom. The SMILES string of the molecule is COc1cc(C)ccc1OCC(=O)N(C)CC(=O)Nc1c(Cl)cccc1Cl. The van der Waals surface area contributed by atoms with E-state index in [4.69, 9.17) is 32.7 Å². The van der Waals surface area contributed by atoms with Gasteiger partial charge in [0.25, 0.3) is 5.91 Å². The van der Waals surface area contributed by atoms with Crippen LogP contribution in [-0.4, -0.2) is 44.0 Å². The fourth-order valence-corrected chi connectivity index (χ4v) is 2.74. The second kappa shape index (κ2) is 9.48. The van der Waals surface area contributed by atoms with Crippen molar-refractivity contribution in [1.82, 2.24) is 4.90 Å². The Hall–Kier alpha value is -2.44. The summed E-state index contributed by atoms with van der Waals surface area (Å²) in [6.45, 7) is 1.53. The van der Waals surface area contributed by atoms with Gasteiger partial charge in [0.2, 0.25) is 5.91 Å². The van der Waals surface area contributed by atoms with Gasteiger partial charge < -0.3 is 19.7 Å². The molecule has 0 bridgehead atoms. The molecule has 2 aromatic carbocycles. The molecule has 6 nitrogen and oxygen atoms in total. The number of carbonyl (C=O) groups excluding carboxylic acids is 2. The van der Waals surface area contributed by atoms with Gasteiger partial charge in [-0.25, -0.2) is 0 Å². The van der Waals surface area contributed by atoms with Gasteiger partial charge in [0.1, 0.15) is 0 Å². The van der Waals surface area contributed by atoms with Crippen molar-refractivity contribution < 1.29 is 19.1 Å². The van der Waals surface area contributed by atoms with Crippen LogP contribution in [0.3, 0.4) is 0 Å². The predicted octanol–water partition coefficient (Wildman–Crippen LogP) is 3.79. The van der Waals surface area contributed by atoms with E-state index in [1.807, 2.05) is 19.1 Å². The highest BCUT2D eigenvalue weighted by atomic mass is 35.5. The molecule has 2 aromatic rings. The summed E-state index contributed by atoms with van der Waals surface area (Å²) in [4.78, 5) is 25.6. The first-order chi connectivity index (χ1) is 12.8. The first kappa shape index (κ1) is 20.9. The number of rotatable bonds is 7. The molecule has 0 aromatic heterocycles. The molecular weight excluding hydrogens is 391 g/mol. The average Bonchev–Trinajstić information content (AvgIpc) is 2.63. The number of hydrogen-bond donors (Lipinski definition) is 1. The molecule has 27 heavy (non-hydrogen) atoms. The molecule has 0 radical (unpaired) electrons.